The second-order valence-corrected chi connectivity index (χ2v) is 6.53. The van der Waals surface area contributed by atoms with Crippen LogP contribution in [0.2, 0.25) is 0 Å². The lowest BCUT2D eigenvalue weighted by molar-refractivity contribution is 0.138. The van der Waals surface area contributed by atoms with Crippen LogP contribution >= 0.6 is 15.9 Å². The second kappa shape index (κ2) is 7.09. The molecule has 4 nitrogen and oxygen atoms in total. The number of carbonyl (C=O) groups excluding carboxylic acids is 1. The van der Waals surface area contributed by atoms with Crippen LogP contribution in [0.4, 0.5) is 10.5 Å². The smallest absolute Gasteiger partial charge is 0.321 e. The molecular formula is C15H22BrN3O. The lowest BCUT2D eigenvalue weighted by Crippen LogP contribution is -2.50. The van der Waals surface area contributed by atoms with E-state index >= 15 is 0 Å². The maximum absolute atomic E-state index is 12.2. The van der Waals surface area contributed by atoms with E-state index < -0.39 is 0 Å². The summed E-state index contributed by atoms with van der Waals surface area (Å²) in [6, 6.07) is 7.65. The van der Waals surface area contributed by atoms with E-state index in [-0.39, 0.29) is 6.03 Å². The van der Waals surface area contributed by atoms with E-state index in [9.17, 15) is 4.79 Å². The summed E-state index contributed by atoms with van der Waals surface area (Å²) in [6.45, 7) is 9.10. The molecule has 1 saturated heterocycles. The minimum Gasteiger partial charge on any atom is -0.322 e. The van der Waals surface area contributed by atoms with Crippen LogP contribution in [0.25, 0.3) is 0 Å². The van der Waals surface area contributed by atoms with Gasteiger partial charge in [-0.2, -0.15) is 0 Å². The normalized spacial score (nSPS) is 16.5. The average molecular weight is 340 g/mol. The zero-order valence-corrected chi connectivity index (χ0v) is 13.7. The number of benzene rings is 1. The SMILES string of the molecule is CC(C)CN1CCN(C(=O)Nc2ccc(Br)cc2)CC1. The van der Waals surface area contributed by atoms with Crippen molar-refractivity contribution >= 4 is 27.6 Å². The molecule has 0 aliphatic carbocycles. The number of nitrogens with zero attached hydrogens (tertiary/aromatic N) is 2. The highest BCUT2D eigenvalue weighted by Crippen LogP contribution is 2.15. The Balaban J connectivity index is 1.81. The summed E-state index contributed by atoms with van der Waals surface area (Å²) in [5, 5.41) is 2.94. The van der Waals surface area contributed by atoms with Crippen molar-refractivity contribution in [2.75, 3.05) is 38.0 Å². The molecule has 0 spiro atoms. The van der Waals surface area contributed by atoms with Crippen LogP contribution < -0.4 is 5.32 Å². The Hall–Kier alpha value is -1.07. The van der Waals surface area contributed by atoms with Crippen LogP contribution in [0.3, 0.4) is 0 Å². The molecule has 0 atom stereocenters. The third kappa shape index (κ3) is 4.49. The van der Waals surface area contributed by atoms with Gasteiger partial charge in [0.25, 0.3) is 0 Å². The molecule has 110 valence electrons. The van der Waals surface area contributed by atoms with Crippen LogP contribution in [0.15, 0.2) is 28.7 Å². The van der Waals surface area contributed by atoms with Gasteiger partial charge in [-0.05, 0) is 30.2 Å². The first-order valence-corrected chi connectivity index (χ1v) is 7.88. The molecule has 2 rings (SSSR count). The molecule has 1 aromatic carbocycles. The Labute approximate surface area is 129 Å². The van der Waals surface area contributed by atoms with Gasteiger partial charge in [-0.15, -0.1) is 0 Å². The first-order chi connectivity index (χ1) is 9.54. The van der Waals surface area contributed by atoms with Crippen LogP contribution in [0.1, 0.15) is 13.8 Å². The summed E-state index contributed by atoms with van der Waals surface area (Å²) in [5.41, 5.74) is 0.836. The van der Waals surface area contributed by atoms with Crippen molar-refractivity contribution in [1.29, 1.82) is 0 Å². The van der Waals surface area contributed by atoms with Crippen molar-refractivity contribution < 1.29 is 4.79 Å². The fourth-order valence-electron chi connectivity index (χ4n) is 2.39. The molecule has 0 aromatic heterocycles. The molecule has 0 bridgehead atoms. The second-order valence-electron chi connectivity index (χ2n) is 5.62. The summed E-state index contributed by atoms with van der Waals surface area (Å²) in [7, 11) is 0. The third-order valence-electron chi connectivity index (χ3n) is 3.38. The fourth-order valence-corrected chi connectivity index (χ4v) is 2.65. The molecule has 20 heavy (non-hydrogen) atoms. The lowest BCUT2D eigenvalue weighted by atomic mass is 10.2. The Morgan fingerprint density at radius 2 is 1.80 bits per heavy atom. The lowest BCUT2D eigenvalue weighted by Gasteiger charge is -2.35. The zero-order valence-electron chi connectivity index (χ0n) is 12.1. The number of nitrogens with one attached hydrogen (secondary N) is 1. The third-order valence-corrected chi connectivity index (χ3v) is 3.91. The predicted octanol–water partition coefficient (Wildman–Crippen LogP) is 3.25. The van der Waals surface area contributed by atoms with Gasteiger partial charge < -0.3 is 10.2 Å². The molecule has 1 N–H and O–H groups in total. The molecule has 1 fully saturated rings. The van der Waals surface area contributed by atoms with Crippen molar-refractivity contribution in [1.82, 2.24) is 9.80 Å². The van der Waals surface area contributed by atoms with Crippen LogP contribution in [-0.2, 0) is 0 Å². The monoisotopic (exact) mass is 339 g/mol. The molecule has 1 aliphatic rings. The van der Waals surface area contributed by atoms with Crippen molar-refractivity contribution in [2.24, 2.45) is 5.92 Å². The summed E-state index contributed by atoms with van der Waals surface area (Å²) in [5.74, 6) is 0.679. The van der Waals surface area contributed by atoms with Gasteiger partial charge in [0.05, 0.1) is 0 Å². The molecule has 0 radical (unpaired) electrons. The number of carbonyl (C=O) groups is 1. The number of anilines is 1. The molecule has 1 aliphatic heterocycles. The van der Waals surface area contributed by atoms with E-state index in [4.69, 9.17) is 0 Å². The molecule has 1 aromatic rings. The van der Waals surface area contributed by atoms with Gasteiger partial charge in [-0.1, -0.05) is 29.8 Å². The van der Waals surface area contributed by atoms with Crippen molar-refractivity contribution in [3.63, 3.8) is 0 Å². The largest absolute Gasteiger partial charge is 0.322 e. The summed E-state index contributed by atoms with van der Waals surface area (Å²) in [6.07, 6.45) is 0. The van der Waals surface area contributed by atoms with E-state index in [0.717, 1.165) is 42.9 Å². The topological polar surface area (TPSA) is 35.6 Å². The van der Waals surface area contributed by atoms with Crippen LogP contribution in [0, 0.1) is 5.92 Å². The maximum atomic E-state index is 12.2. The molecule has 2 amide bonds. The average Bonchev–Trinajstić information content (AvgIpc) is 2.41. The summed E-state index contributed by atoms with van der Waals surface area (Å²) in [4.78, 5) is 16.5. The van der Waals surface area contributed by atoms with Gasteiger partial charge in [0.15, 0.2) is 0 Å². The summed E-state index contributed by atoms with van der Waals surface area (Å²) >= 11 is 3.39. The van der Waals surface area contributed by atoms with Gasteiger partial charge in [-0.3, -0.25) is 4.90 Å². The number of halogens is 1. The Kier molecular flexibility index (Phi) is 5.43. The van der Waals surface area contributed by atoms with Gasteiger partial charge in [0, 0.05) is 42.9 Å². The maximum Gasteiger partial charge on any atom is 0.321 e. The highest BCUT2D eigenvalue weighted by atomic mass is 79.9. The molecule has 1 heterocycles. The van der Waals surface area contributed by atoms with E-state index in [1.807, 2.05) is 29.2 Å². The fraction of sp³-hybridized carbons (Fsp3) is 0.533. The number of piperazine rings is 1. The summed E-state index contributed by atoms with van der Waals surface area (Å²) < 4.78 is 1.01. The van der Waals surface area contributed by atoms with E-state index in [1.165, 1.54) is 0 Å². The van der Waals surface area contributed by atoms with E-state index in [2.05, 4.69) is 40.0 Å². The first-order valence-electron chi connectivity index (χ1n) is 7.08. The minimum atomic E-state index is -0.00322. The molecule has 0 saturated carbocycles. The van der Waals surface area contributed by atoms with E-state index in [0.29, 0.717) is 5.92 Å². The van der Waals surface area contributed by atoms with E-state index in [1.54, 1.807) is 0 Å². The Morgan fingerprint density at radius 1 is 1.20 bits per heavy atom. The Bertz CT molecular complexity index is 439. The van der Waals surface area contributed by atoms with Gasteiger partial charge in [-0.25, -0.2) is 4.79 Å². The van der Waals surface area contributed by atoms with Crippen LogP contribution in [0.5, 0.6) is 0 Å². The van der Waals surface area contributed by atoms with Crippen molar-refractivity contribution in [3.05, 3.63) is 28.7 Å². The van der Waals surface area contributed by atoms with Gasteiger partial charge in [0.1, 0.15) is 0 Å². The van der Waals surface area contributed by atoms with Crippen molar-refractivity contribution in [2.45, 2.75) is 13.8 Å². The van der Waals surface area contributed by atoms with Gasteiger partial charge in [0.2, 0.25) is 0 Å². The number of hydrogen-bond donors (Lipinski definition) is 1. The zero-order chi connectivity index (χ0) is 14.5. The molecular weight excluding hydrogens is 318 g/mol. The number of amides is 2. The standard InChI is InChI=1S/C15H22BrN3O/c1-12(2)11-18-7-9-19(10-8-18)15(20)17-14-5-3-13(16)4-6-14/h3-6,12H,7-11H2,1-2H3,(H,17,20). The van der Waals surface area contributed by atoms with Gasteiger partial charge >= 0.3 is 6.03 Å². The highest BCUT2D eigenvalue weighted by Gasteiger charge is 2.21. The minimum absolute atomic E-state index is 0.00322. The highest BCUT2D eigenvalue weighted by molar-refractivity contribution is 9.10. The first kappa shape index (κ1) is 15.3. The molecule has 5 heteroatoms. The predicted molar refractivity (Wildman–Crippen MR) is 86.0 cm³/mol. The van der Waals surface area contributed by atoms with Crippen molar-refractivity contribution in [3.8, 4) is 0 Å². The quantitative estimate of drug-likeness (QED) is 0.917. The Morgan fingerprint density at radius 3 is 2.35 bits per heavy atom. The number of hydrogen-bond acceptors (Lipinski definition) is 2. The van der Waals surface area contributed by atoms with Crippen LogP contribution in [-0.4, -0.2) is 48.6 Å². The number of rotatable bonds is 3. The number of urea groups is 1. The molecule has 0 unspecified atom stereocenters.